The molecule has 0 aliphatic carbocycles. The standard InChI is InChI=1S/C17H16BrClN2O2/c18-13-3-7-15(8-4-13)21-17(23)11-16(22)20-10-9-12-1-5-14(19)6-2-12/h1-8H,9-11H2,(H,20,22)(H,21,23). The Kier molecular flexibility index (Phi) is 6.62. The van der Waals surface area contributed by atoms with E-state index >= 15 is 0 Å². The molecule has 2 N–H and O–H groups in total. The minimum Gasteiger partial charge on any atom is -0.355 e. The third-order valence-electron chi connectivity index (χ3n) is 3.10. The Morgan fingerprint density at radius 2 is 1.61 bits per heavy atom. The van der Waals surface area contributed by atoms with Crippen LogP contribution in [0.4, 0.5) is 5.69 Å². The van der Waals surface area contributed by atoms with Gasteiger partial charge in [-0.05, 0) is 48.4 Å². The van der Waals surface area contributed by atoms with E-state index in [4.69, 9.17) is 11.6 Å². The molecule has 6 heteroatoms. The lowest BCUT2D eigenvalue weighted by atomic mass is 10.1. The molecule has 2 amide bonds. The number of hydrogen-bond donors (Lipinski definition) is 2. The van der Waals surface area contributed by atoms with Gasteiger partial charge in [0.25, 0.3) is 0 Å². The summed E-state index contributed by atoms with van der Waals surface area (Å²) in [6.45, 7) is 0.478. The summed E-state index contributed by atoms with van der Waals surface area (Å²) < 4.78 is 0.926. The molecule has 0 aromatic heterocycles. The average molecular weight is 396 g/mol. The first-order valence-corrected chi connectivity index (χ1v) is 8.26. The third-order valence-corrected chi connectivity index (χ3v) is 3.88. The van der Waals surface area contributed by atoms with Crippen molar-refractivity contribution < 1.29 is 9.59 Å². The van der Waals surface area contributed by atoms with E-state index < -0.39 is 0 Å². The van der Waals surface area contributed by atoms with Crippen molar-refractivity contribution in [1.82, 2.24) is 5.32 Å². The van der Waals surface area contributed by atoms with E-state index in [-0.39, 0.29) is 18.2 Å². The van der Waals surface area contributed by atoms with Crippen molar-refractivity contribution in [2.75, 3.05) is 11.9 Å². The van der Waals surface area contributed by atoms with E-state index in [0.29, 0.717) is 23.7 Å². The maximum Gasteiger partial charge on any atom is 0.233 e. The number of amides is 2. The Morgan fingerprint density at radius 3 is 2.26 bits per heavy atom. The smallest absolute Gasteiger partial charge is 0.233 e. The highest BCUT2D eigenvalue weighted by atomic mass is 79.9. The number of carbonyl (C=O) groups is 2. The SMILES string of the molecule is O=C(CC(=O)Nc1ccc(Br)cc1)NCCc1ccc(Cl)cc1. The Balaban J connectivity index is 1.70. The Labute approximate surface area is 148 Å². The Morgan fingerprint density at radius 1 is 0.957 bits per heavy atom. The van der Waals surface area contributed by atoms with E-state index in [2.05, 4.69) is 26.6 Å². The normalized spacial score (nSPS) is 10.2. The number of benzene rings is 2. The van der Waals surface area contributed by atoms with E-state index in [1.54, 1.807) is 12.1 Å². The van der Waals surface area contributed by atoms with Crippen LogP contribution in [0, 0.1) is 0 Å². The van der Waals surface area contributed by atoms with Crippen molar-refractivity contribution in [3.8, 4) is 0 Å². The van der Waals surface area contributed by atoms with Crippen molar-refractivity contribution in [2.45, 2.75) is 12.8 Å². The minimum atomic E-state index is -0.337. The van der Waals surface area contributed by atoms with Crippen molar-refractivity contribution in [3.63, 3.8) is 0 Å². The van der Waals surface area contributed by atoms with Crippen molar-refractivity contribution >= 4 is 45.0 Å². The van der Waals surface area contributed by atoms with Gasteiger partial charge < -0.3 is 10.6 Å². The molecule has 0 aliphatic rings. The molecule has 2 aromatic carbocycles. The number of anilines is 1. The highest BCUT2D eigenvalue weighted by Crippen LogP contribution is 2.14. The fourth-order valence-corrected chi connectivity index (χ4v) is 2.33. The second-order valence-corrected chi connectivity index (χ2v) is 6.31. The fourth-order valence-electron chi connectivity index (χ4n) is 1.94. The third kappa shape index (κ3) is 6.42. The quantitative estimate of drug-likeness (QED) is 0.731. The van der Waals surface area contributed by atoms with Crippen LogP contribution < -0.4 is 10.6 Å². The molecule has 2 aromatic rings. The van der Waals surface area contributed by atoms with Crippen LogP contribution >= 0.6 is 27.5 Å². The highest BCUT2D eigenvalue weighted by Gasteiger charge is 2.09. The van der Waals surface area contributed by atoms with Crippen LogP contribution in [0.1, 0.15) is 12.0 Å². The van der Waals surface area contributed by atoms with Gasteiger partial charge in [-0.2, -0.15) is 0 Å². The predicted molar refractivity (Wildman–Crippen MR) is 95.6 cm³/mol. The van der Waals surface area contributed by atoms with Gasteiger partial charge in [-0.15, -0.1) is 0 Å². The minimum absolute atomic E-state index is 0.198. The lowest BCUT2D eigenvalue weighted by Gasteiger charge is -2.07. The molecule has 0 aliphatic heterocycles. The van der Waals surface area contributed by atoms with Gasteiger partial charge >= 0.3 is 0 Å². The molecule has 120 valence electrons. The lowest BCUT2D eigenvalue weighted by molar-refractivity contribution is -0.126. The lowest BCUT2D eigenvalue weighted by Crippen LogP contribution is -2.29. The summed E-state index contributed by atoms with van der Waals surface area (Å²) in [6.07, 6.45) is 0.494. The zero-order chi connectivity index (χ0) is 16.7. The van der Waals surface area contributed by atoms with Gasteiger partial charge in [0.05, 0.1) is 0 Å². The zero-order valence-electron chi connectivity index (χ0n) is 12.3. The summed E-state index contributed by atoms with van der Waals surface area (Å²) >= 11 is 9.13. The number of rotatable bonds is 6. The predicted octanol–water partition coefficient (Wildman–Crippen LogP) is 3.79. The van der Waals surface area contributed by atoms with Crippen LogP contribution in [0.5, 0.6) is 0 Å². The average Bonchev–Trinajstić information content (AvgIpc) is 2.51. The Bertz CT molecular complexity index is 672. The molecule has 23 heavy (non-hydrogen) atoms. The van der Waals surface area contributed by atoms with Gasteiger partial charge in [0, 0.05) is 21.7 Å². The summed E-state index contributed by atoms with van der Waals surface area (Å²) in [5.41, 5.74) is 1.74. The molecule has 0 heterocycles. The first kappa shape index (κ1) is 17.5. The first-order valence-electron chi connectivity index (χ1n) is 7.09. The summed E-state index contributed by atoms with van der Waals surface area (Å²) in [7, 11) is 0. The second kappa shape index (κ2) is 8.70. The molecular formula is C17H16BrClN2O2. The van der Waals surface area contributed by atoms with Crippen LogP contribution in [-0.4, -0.2) is 18.4 Å². The van der Waals surface area contributed by atoms with Crippen molar-refractivity contribution in [1.29, 1.82) is 0 Å². The van der Waals surface area contributed by atoms with Gasteiger partial charge in [0.1, 0.15) is 6.42 Å². The van der Waals surface area contributed by atoms with E-state index in [1.807, 2.05) is 36.4 Å². The van der Waals surface area contributed by atoms with Crippen LogP contribution in [0.25, 0.3) is 0 Å². The van der Waals surface area contributed by atoms with Crippen LogP contribution in [0.3, 0.4) is 0 Å². The number of halogens is 2. The van der Waals surface area contributed by atoms with Gasteiger partial charge in [0.15, 0.2) is 0 Å². The zero-order valence-corrected chi connectivity index (χ0v) is 14.7. The summed E-state index contributed by atoms with van der Waals surface area (Å²) in [5.74, 6) is -0.634. The molecule has 0 saturated carbocycles. The molecule has 0 atom stereocenters. The molecule has 0 bridgehead atoms. The van der Waals surface area contributed by atoms with Crippen molar-refractivity contribution in [3.05, 3.63) is 63.6 Å². The van der Waals surface area contributed by atoms with Crippen LogP contribution in [0.15, 0.2) is 53.0 Å². The Hall–Kier alpha value is -1.85. The van der Waals surface area contributed by atoms with Gasteiger partial charge in [0.2, 0.25) is 11.8 Å². The summed E-state index contributed by atoms with van der Waals surface area (Å²) in [5, 5.41) is 6.09. The van der Waals surface area contributed by atoms with Gasteiger partial charge in [-0.1, -0.05) is 39.7 Å². The number of carbonyl (C=O) groups excluding carboxylic acids is 2. The maximum atomic E-state index is 11.8. The first-order chi connectivity index (χ1) is 11.0. The van der Waals surface area contributed by atoms with Gasteiger partial charge in [-0.25, -0.2) is 0 Å². The van der Waals surface area contributed by atoms with Crippen molar-refractivity contribution in [2.24, 2.45) is 0 Å². The van der Waals surface area contributed by atoms with E-state index in [0.717, 1.165) is 10.0 Å². The fraction of sp³-hybridized carbons (Fsp3) is 0.176. The van der Waals surface area contributed by atoms with E-state index in [9.17, 15) is 9.59 Å². The maximum absolute atomic E-state index is 11.8. The molecular weight excluding hydrogens is 380 g/mol. The van der Waals surface area contributed by atoms with Gasteiger partial charge in [-0.3, -0.25) is 9.59 Å². The van der Waals surface area contributed by atoms with E-state index in [1.165, 1.54) is 0 Å². The summed E-state index contributed by atoms with van der Waals surface area (Å²) in [4.78, 5) is 23.5. The summed E-state index contributed by atoms with van der Waals surface area (Å²) in [6, 6.07) is 14.6. The monoisotopic (exact) mass is 394 g/mol. The van der Waals surface area contributed by atoms with Crippen LogP contribution in [0.2, 0.25) is 5.02 Å². The molecule has 4 nitrogen and oxygen atoms in total. The second-order valence-electron chi connectivity index (χ2n) is 4.96. The van der Waals surface area contributed by atoms with Crippen LogP contribution in [-0.2, 0) is 16.0 Å². The number of hydrogen-bond acceptors (Lipinski definition) is 2. The topological polar surface area (TPSA) is 58.2 Å². The molecule has 0 fully saturated rings. The molecule has 0 unspecified atom stereocenters. The molecule has 0 radical (unpaired) electrons. The molecule has 0 saturated heterocycles. The highest BCUT2D eigenvalue weighted by molar-refractivity contribution is 9.10. The largest absolute Gasteiger partial charge is 0.355 e. The number of nitrogens with one attached hydrogen (secondary N) is 2. The molecule has 2 rings (SSSR count). The molecule has 0 spiro atoms.